The van der Waals surface area contributed by atoms with E-state index >= 15 is 0 Å². The van der Waals surface area contributed by atoms with Crippen LogP contribution in [0.5, 0.6) is 5.88 Å². The molecule has 2 aliphatic rings. The first-order valence-electron chi connectivity index (χ1n) is 9.06. The van der Waals surface area contributed by atoms with Gasteiger partial charge in [0.05, 0.1) is 17.9 Å². The fraction of sp³-hybridized carbons (Fsp3) is 0.500. The van der Waals surface area contributed by atoms with Gasteiger partial charge >= 0.3 is 0 Å². The third kappa shape index (κ3) is 3.67. The van der Waals surface area contributed by atoms with Crippen molar-refractivity contribution in [3.63, 3.8) is 0 Å². The first-order chi connectivity index (χ1) is 12.2. The van der Waals surface area contributed by atoms with E-state index in [1.165, 1.54) is 0 Å². The number of nitrogens with zero attached hydrogens (tertiary/aromatic N) is 3. The summed E-state index contributed by atoms with van der Waals surface area (Å²) < 4.78 is 11.9. The normalized spacial score (nSPS) is 22.0. The minimum Gasteiger partial charge on any atom is -0.478 e. The number of ether oxygens (including phenoxy) is 2. The van der Waals surface area contributed by atoms with Crippen LogP contribution in [0.2, 0.25) is 0 Å². The number of likely N-dealkylation sites (tertiary alicyclic amines) is 1. The largest absolute Gasteiger partial charge is 0.478 e. The second kappa shape index (κ2) is 7.10. The predicted octanol–water partition coefficient (Wildman–Crippen LogP) is 2.85. The smallest absolute Gasteiger partial charge is 0.213 e. The molecule has 5 heteroatoms. The van der Waals surface area contributed by atoms with Crippen LogP contribution in [0.4, 0.5) is 0 Å². The van der Waals surface area contributed by atoms with Gasteiger partial charge in [-0.2, -0.15) is 0 Å². The van der Waals surface area contributed by atoms with E-state index in [0.717, 1.165) is 50.5 Å². The van der Waals surface area contributed by atoms with Crippen molar-refractivity contribution in [1.29, 1.82) is 0 Å². The Kier molecular flexibility index (Phi) is 4.68. The van der Waals surface area contributed by atoms with Crippen LogP contribution in [-0.2, 0) is 11.3 Å². The minimum atomic E-state index is 0.0251. The van der Waals surface area contributed by atoms with E-state index < -0.39 is 0 Å². The van der Waals surface area contributed by atoms with Crippen LogP contribution in [0.1, 0.15) is 24.2 Å². The molecule has 0 radical (unpaired) electrons. The maximum atomic E-state index is 6.15. The highest BCUT2D eigenvalue weighted by molar-refractivity contribution is 5.13. The molecule has 0 N–H and O–H groups in total. The van der Waals surface area contributed by atoms with Crippen LogP contribution in [0.3, 0.4) is 0 Å². The van der Waals surface area contributed by atoms with Crippen molar-refractivity contribution in [3.05, 3.63) is 54.0 Å². The number of hydrogen-bond donors (Lipinski definition) is 0. The molecule has 2 aliphatic heterocycles. The number of aryl methyl sites for hydroxylation is 1. The summed E-state index contributed by atoms with van der Waals surface area (Å²) >= 11 is 0. The molecule has 1 unspecified atom stereocenters. The maximum absolute atomic E-state index is 6.15. The molecule has 0 aromatic carbocycles. The van der Waals surface area contributed by atoms with Gasteiger partial charge in [0.2, 0.25) is 5.88 Å². The highest BCUT2D eigenvalue weighted by Crippen LogP contribution is 2.42. The van der Waals surface area contributed by atoms with Gasteiger partial charge in [0.1, 0.15) is 0 Å². The van der Waals surface area contributed by atoms with E-state index in [2.05, 4.69) is 27.0 Å². The third-order valence-electron chi connectivity index (χ3n) is 5.27. The van der Waals surface area contributed by atoms with Crippen molar-refractivity contribution in [2.24, 2.45) is 5.92 Å². The number of pyridine rings is 2. The highest BCUT2D eigenvalue weighted by Gasteiger charge is 2.52. The molecule has 132 valence electrons. The molecule has 4 rings (SSSR count). The summed E-state index contributed by atoms with van der Waals surface area (Å²) in [6, 6.07) is 12.0. The predicted molar refractivity (Wildman–Crippen MR) is 95.4 cm³/mol. The van der Waals surface area contributed by atoms with Gasteiger partial charge in [-0.15, -0.1) is 0 Å². The molecule has 0 bridgehead atoms. The fourth-order valence-corrected chi connectivity index (χ4v) is 4.02. The number of hydrogen-bond acceptors (Lipinski definition) is 5. The minimum absolute atomic E-state index is 0.0251. The van der Waals surface area contributed by atoms with Gasteiger partial charge in [0.15, 0.2) is 0 Å². The molecule has 2 aromatic heterocycles. The molecule has 5 nitrogen and oxygen atoms in total. The van der Waals surface area contributed by atoms with E-state index in [1.807, 2.05) is 31.2 Å². The molecule has 2 saturated heterocycles. The Bertz CT molecular complexity index is 701. The Labute approximate surface area is 149 Å². The lowest BCUT2D eigenvalue weighted by molar-refractivity contribution is -0.138. The average Bonchev–Trinajstić information content (AvgIpc) is 2.99. The van der Waals surface area contributed by atoms with E-state index in [4.69, 9.17) is 9.47 Å². The summed E-state index contributed by atoms with van der Waals surface area (Å²) in [5.41, 5.74) is 2.24. The van der Waals surface area contributed by atoms with E-state index in [1.54, 1.807) is 6.20 Å². The maximum Gasteiger partial charge on any atom is 0.213 e. The van der Waals surface area contributed by atoms with Gasteiger partial charge in [0, 0.05) is 44.2 Å². The zero-order valence-electron chi connectivity index (χ0n) is 14.7. The molecule has 25 heavy (non-hydrogen) atoms. The van der Waals surface area contributed by atoms with Gasteiger partial charge in [0.25, 0.3) is 0 Å². The second-order valence-electron chi connectivity index (χ2n) is 7.12. The lowest BCUT2D eigenvalue weighted by atomic mass is 9.79. The van der Waals surface area contributed by atoms with Crippen molar-refractivity contribution in [1.82, 2.24) is 14.9 Å². The molecule has 2 fully saturated rings. The SMILES string of the molecule is Cc1cccc(CN2CC3(C2)OCCC3CCOc2ccccn2)n1. The quantitative estimate of drug-likeness (QED) is 0.810. The van der Waals surface area contributed by atoms with Crippen LogP contribution in [0.15, 0.2) is 42.6 Å². The Morgan fingerprint density at radius 3 is 2.96 bits per heavy atom. The summed E-state index contributed by atoms with van der Waals surface area (Å²) in [6.07, 6.45) is 3.91. The standard InChI is InChI=1S/C20H25N3O2/c1-16-5-4-6-18(22-16)13-23-14-20(15-23)17(9-12-25-20)8-11-24-19-7-2-3-10-21-19/h2-7,10,17H,8-9,11-15H2,1H3. The second-order valence-corrected chi connectivity index (χ2v) is 7.12. The lowest BCUT2D eigenvalue weighted by Crippen LogP contribution is -2.64. The van der Waals surface area contributed by atoms with Gasteiger partial charge in [-0.3, -0.25) is 9.88 Å². The highest BCUT2D eigenvalue weighted by atomic mass is 16.5. The van der Waals surface area contributed by atoms with Crippen molar-refractivity contribution in [3.8, 4) is 5.88 Å². The Morgan fingerprint density at radius 1 is 1.24 bits per heavy atom. The van der Waals surface area contributed by atoms with Crippen molar-refractivity contribution < 1.29 is 9.47 Å². The van der Waals surface area contributed by atoms with Gasteiger partial charge in [-0.25, -0.2) is 4.98 Å². The lowest BCUT2D eigenvalue weighted by Gasteiger charge is -2.50. The molecule has 0 saturated carbocycles. The summed E-state index contributed by atoms with van der Waals surface area (Å²) in [5.74, 6) is 1.27. The van der Waals surface area contributed by atoms with Crippen LogP contribution in [0.25, 0.3) is 0 Å². The summed E-state index contributed by atoms with van der Waals surface area (Å²) in [5, 5.41) is 0. The Morgan fingerprint density at radius 2 is 2.16 bits per heavy atom. The zero-order valence-corrected chi connectivity index (χ0v) is 14.7. The molecular weight excluding hydrogens is 314 g/mol. The Hall–Kier alpha value is -1.98. The molecular formula is C20H25N3O2. The van der Waals surface area contributed by atoms with E-state index in [0.29, 0.717) is 18.4 Å². The zero-order chi connectivity index (χ0) is 17.1. The van der Waals surface area contributed by atoms with Crippen LogP contribution in [0, 0.1) is 12.8 Å². The van der Waals surface area contributed by atoms with Crippen LogP contribution in [-0.4, -0.2) is 46.8 Å². The monoisotopic (exact) mass is 339 g/mol. The van der Waals surface area contributed by atoms with Crippen molar-refractivity contribution >= 4 is 0 Å². The van der Waals surface area contributed by atoms with Crippen LogP contribution >= 0.6 is 0 Å². The Balaban J connectivity index is 1.27. The number of rotatable bonds is 6. The average molecular weight is 339 g/mol. The molecule has 1 spiro atoms. The van der Waals surface area contributed by atoms with Gasteiger partial charge in [-0.05, 0) is 43.9 Å². The van der Waals surface area contributed by atoms with Gasteiger partial charge < -0.3 is 9.47 Å². The third-order valence-corrected chi connectivity index (χ3v) is 5.27. The van der Waals surface area contributed by atoms with E-state index in [-0.39, 0.29) is 5.60 Å². The fourth-order valence-electron chi connectivity index (χ4n) is 4.02. The first-order valence-corrected chi connectivity index (χ1v) is 9.06. The summed E-state index contributed by atoms with van der Waals surface area (Å²) in [6.45, 7) is 6.51. The van der Waals surface area contributed by atoms with Gasteiger partial charge in [-0.1, -0.05) is 12.1 Å². The molecule has 0 aliphatic carbocycles. The molecule has 2 aromatic rings. The topological polar surface area (TPSA) is 47.5 Å². The van der Waals surface area contributed by atoms with E-state index in [9.17, 15) is 0 Å². The summed E-state index contributed by atoms with van der Waals surface area (Å²) in [4.78, 5) is 11.2. The molecule has 4 heterocycles. The molecule has 0 amide bonds. The van der Waals surface area contributed by atoms with Crippen molar-refractivity contribution in [2.45, 2.75) is 31.9 Å². The summed E-state index contributed by atoms with van der Waals surface area (Å²) in [7, 11) is 0. The molecule has 1 atom stereocenters. The first kappa shape index (κ1) is 16.5. The van der Waals surface area contributed by atoms with Crippen LogP contribution < -0.4 is 4.74 Å². The van der Waals surface area contributed by atoms with Crippen molar-refractivity contribution in [2.75, 3.05) is 26.3 Å². The number of aromatic nitrogens is 2.